The molecular weight excluding hydrogens is 286 g/mol. The van der Waals surface area contributed by atoms with Crippen LogP contribution in [0.2, 0.25) is 5.02 Å². The number of hydrogen-bond acceptors (Lipinski definition) is 5. The molecule has 1 aromatic heterocycles. The quantitative estimate of drug-likeness (QED) is 0.792. The van der Waals surface area contributed by atoms with Crippen molar-refractivity contribution in [1.29, 1.82) is 0 Å². The van der Waals surface area contributed by atoms with E-state index in [2.05, 4.69) is 25.9 Å². The molecule has 0 aliphatic carbocycles. The molecule has 2 N–H and O–H groups in total. The van der Waals surface area contributed by atoms with Crippen molar-refractivity contribution in [2.75, 3.05) is 5.75 Å². The maximum atomic E-state index is 11.6. The third-order valence-electron chi connectivity index (χ3n) is 2.26. The molecule has 1 amide bonds. The summed E-state index contributed by atoms with van der Waals surface area (Å²) in [5.41, 5.74) is 0. The molecule has 1 aromatic carbocycles. The molecule has 0 unspecified atom stereocenters. The monoisotopic (exact) mass is 297 g/mol. The largest absolute Gasteiger partial charge is 0.349 e. The molecule has 8 heteroatoms. The van der Waals surface area contributed by atoms with Crippen molar-refractivity contribution >= 4 is 29.3 Å². The molecule has 6 nitrogen and oxygen atoms in total. The third-order valence-corrected chi connectivity index (χ3v) is 3.77. The zero-order valence-electron chi connectivity index (χ0n) is 9.97. The van der Waals surface area contributed by atoms with Crippen molar-refractivity contribution in [3.05, 3.63) is 35.1 Å². The lowest BCUT2D eigenvalue weighted by Gasteiger charge is -2.04. The second-order valence-electron chi connectivity index (χ2n) is 3.63. The summed E-state index contributed by atoms with van der Waals surface area (Å²) in [6, 6.07) is 7.57. The van der Waals surface area contributed by atoms with E-state index >= 15 is 0 Å². The number of halogens is 1. The summed E-state index contributed by atoms with van der Waals surface area (Å²) in [4.78, 5) is 12.6. The molecule has 0 saturated heterocycles. The Hall–Kier alpha value is -1.60. The van der Waals surface area contributed by atoms with Crippen molar-refractivity contribution in [2.45, 2.75) is 17.9 Å². The van der Waals surface area contributed by atoms with Crippen LogP contribution >= 0.6 is 23.4 Å². The Balaban J connectivity index is 1.68. The Morgan fingerprint density at radius 3 is 3.00 bits per heavy atom. The highest BCUT2D eigenvalue weighted by atomic mass is 35.5. The molecule has 100 valence electrons. The van der Waals surface area contributed by atoms with Crippen LogP contribution in [0.15, 0.2) is 29.2 Å². The molecule has 0 fully saturated rings. The predicted molar refractivity (Wildman–Crippen MR) is 72.8 cm³/mol. The Morgan fingerprint density at radius 1 is 1.42 bits per heavy atom. The van der Waals surface area contributed by atoms with Crippen molar-refractivity contribution in [3.8, 4) is 0 Å². The number of thioether (sulfide) groups is 1. The topological polar surface area (TPSA) is 83.6 Å². The van der Waals surface area contributed by atoms with Crippen LogP contribution in [0.5, 0.6) is 0 Å². The lowest BCUT2D eigenvalue weighted by Crippen LogP contribution is -2.23. The molecule has 19 heavy (non-hydrogen) atoms. The zero-order chi connectivity index (χ0) is 13.5. The van der Waals surface area contributed by atoms with E-state index in [0.29, 0.717) is 23.0 Å². The van der Waals surface area contributed by atoms with Crippen molar-refractivity contribution in [1.82, 2.24) is 25.9 Å². The van der Waals surface area contributed by atoms with Crippen molar-refractivity contribution in [3.63, 3.8) is 0 Å². The van der Waals surface area contributed by atoms with Gasteiger partial charge in [-0.3, -0.25) is 4.79 Å². The average Bonchev–Trinajstić information content (AvgIpc) is 2.92. The van der Waals surface area contributed by atoms with E-state index in [-0.39, 0.29) is 12.5 Å². The Kier molecular flexibility index (Phi) is 5.17. The van der Waals surface area contributed by atoms with Gasteiger partial charge in [0, 0.05) is 17.1 Å². The van der Waals surface area contributed by atoms with Crippen LogP contribution in [-0.4, -0.2) is 32.3 Å². The van der Waals surface area contributed by atoms with Gasteiger partial charge >= 0.3 is 0 Å². The van der Waals surface area contributed by atoms with Crippen LogP contribution in [0.1, 0.15) is 12.2 Å². The highest BCUT2D eigenvalue weighted by molar-refractivity contribution is 7.99. The highest BCUT2D eigenvalue weighted by Gasteiger charge is 2.05. The van der Waals surface area contributed by atoms with E-state index in [0.717, 1.165) is 4.90 Å². The maximum Gasteiger partial charge on any atom is 0.221 e. The number of amides is 1. The number of aromatic amines is 1. The summed E-state index contributed by atoms with van der Waals surface area (Å²) in [6.07, 6.45) is 0.410. The van der Waals surface area contributed by atoms with E-state index in [4.69, 9.17) is 11.6 Å². The molecule has 2 aromatic rings. The molecule has 0 spiro atoms. The van der Waals surface area contributed by atoms with Crippen molar-refractivity contribution in [2.24, 2.45) is 0 Å². The van der Waals surface area contributed by atoms with Crippen LogP contribution < -0.4 is 5.32 Å². The number of hydrogen-bond donors (Lipinski definition) is 2. The number of nitrogens with one attached hydrogen (secondary N) is 2. The van der Waals surface area contributed by atoms with Crippen LogP contribution in [0.25, 0.3) is 0 Å². The molecule has 2 rings (SSSR count). The van der Waals surface area contributed by atoms with E-state index in [1.54, 1.807) is 11.8 Å². The summed E-state index contributed by atoms with van der Waals surface area (Å²) in [6.45, 7) is 0.284. The van der Waals surface area contributed by atoms with Crippen LogP contribution in [-0.2, 0) is 11.3 Å². The summed E-state index contributed by atoms with van der Waals surface area (Å²) < 4.78 is 0. The number of tetrazole rings is 1. The lowest BCUT2D eigenvalue weighted by atomic mass is 10.4. The lowest BCUT2D eigenvalue weighted by molar-refractivity contribution is -0.120. The van der Waals surface area contributed by atoms with Gasteiger partial charge in [-0.1, -0.05) is 28.9 Å². The fourth-order valence-corrected chi connectivity index (χ4v) is 2.53. The van der Waals surface area contributed by atoms with Crippen LogP contribution in [0.4, 0.5) is 0 Å². The van der Waals surface area contributed by atoms with E-state index < -0.39 is 0 Å². The minimum atomic E-state index is -0.0515. The standard InChI is InChI=1S/C11H12ClN5OS/c12-8-3-1-2-4-9(8)19-6-5-11(18)13-7-10-14-16-17-15-10/h1-4H,5-7H2,(H,13,18)(H,14,15,16,17). The Morgan fingerprint density at radius 2 is 2.26 bits per heavy atom. The normalized spacial score (nSPS) is 10.4. The summed E-state index contributed by atoms with van der Waals surface area (Å²) in [5, 5.41) is 16.6. The van der Waals surface area contributed by atoms with Gasteiger partial charge in [-0.2, -0.15) is 5.21 Å². The van der Waals surface area contributed by atoms with E-state index in [1.807, 2.05) is 24.3 Å². The van der Waals surface area contributed by atoms with Gasteiger partial charge in [-0.05, 0) is 12.1 Å². The van der Waals surface area contributed by atoms with Crippen LogP contribution in [0, 0.1) is 0 Å². The fourth-order valence-electron chi connectivity index (χ4n) is 1.34. The van der Waals surface area contributed by atoms with Gasteiger partial charge in [0.15, 0.2) is 5.82 Å². The molecule has 0 atom stereocenters. The molecule has 1 heterocycles. The average molecular weight is 298 g/mol. The fraction of sp³-hybridized carbons (Fsp3) is 0.273. The first kappa shape index (κ1) is 13.8. The third kappa shape index (κ3) is 4.53. The van der Waals surface area contributed by atoms with Gasteiger partial charge < -0.3 is 5.32 Å². The number of carbonyl (C=O) groups excluding carboxylic acids is 1. The molecule has 0 bridgehead atoms. The maximum absolute atomic E-state index is 11.6. The predicted octanol–water partition coefficient (Wildman–Crippen LogP) is 1.65. The molecule has 0 radical (unpaired) electrons. The number of benzene rings is 1. The van der Waals surface area contributed by atoms with Crippen molar-refractivity contribution < 1.29 is 4.79 Å². The minimum absolute atomic E-state index is 0.0515. The Bertz CT molecular complexity index is 534. The number of aromatic nitrogens is 4. The second-order valence-corrected chi connectivity index (χ2v) is 5.18. The first-order chi connectivity index (χ1) is 9.25. The van der Waals surface area contributed by atoms with Gasteiger partial charge in [0.25, 0.3) is 0 Å². The molecular formula is C11H12ClN5OS. The number of H-pyrrole nitrogens is 1. The zero-order valence-corrected chi connectivity index (χ0v) is 11.5. The van der Waals surface area contributed by atoms with Gasteiger partial charge in [-0.25, -0.2) is 0 Å². The highest BCUT2D eigenvalue weighted by Crippen LogP contribution is 2.26. The number of rotatable bonds is 6. The van der Waals surface area contributed by atoms with E-state index in [1.165, 1.54) is 0 Å². The summed E-state index contributed by atoms with van der Waals surface area (Å²) in [7, 11) is 0. The second kappa shape index (κ2) is 7.10. The van der Waals surface area contributed by atoms with Gasteiger partial charge in [0.2, 0.25) is 5.91 Å². The van der Waals surface area contributed by atoms with Crippen LogP contribution in [0.3, 0.4) is 0 Å². The van der Waals surface area contributed by atoms with Gasteiger partial charge in [-0.15, -0.1) is 22.0 Å². The minimum Gasteiger partial charge on any atom is -0.349 e. The van der Waals surface area contributed by atoms with Gasteiger partial charge in [0.05, 0.1) is 11.6 Å². The Labute approximate surface area is 119 Å². The van der Waals surface area contributed by atoms with Gasteiger partial charge in [0.1, 0.15) is 0 Å². The first-order valence-corrected chi connectivity index (χ1v) is 6.98. The summed E-state index contributed by atoms with van der Waals surface area (Å²) in [5.74, 6) is 1.08. The first-order valence-electron chi connectivity index (χ1n) is 5.62. The smallest absolute Gasteiger partial charge is 0.221 e. The summed E-state index contributed by atoms with van der Waals surface area (Å²) >= 11 is 7.58. The molecule has 0 aliphatic rings. The van der Waals surface area contributed by atoms with E-state index in [9.17, 15) is 4.79 Å². The molecule has 0 aliphatic heterocycles. The SMILES string of the molecule is O=C(CCSc1ccccc1Cl)NCc1nn[nH]n1. The number of carbonyl (C=O) groups is 1. The molecule has 0 saturated carbocycles. The number of nitrogens with zero attached hydrogens (tertiary/aromatic N) is 3.